The lowest BCUT2D eigenvalue weighted by molar-refractivity contribution is -0.141. The molecule has 1 heterocycles. The van der Waals surface area contributed by atoms with E-state index in [9.17, 15) is 14.4 Å². The molecule has 3 fully saturated rings. The molecule has 2 aromatic carbocycles. The molecule has 39 heavy (non-hydrogen) atoms. The van der Waals surface area contributed by atoms with E-state index in [2.05, 4.69) is 31.2 Å². The molecule has 2 amide bonds. The summed E-state index contributed by atoms with van der Waals surface area (Å²) in [4.78, 5) is 41.6. The third-order valence-electron chi connectivity index (χ3n) is 9.33. The van der Waals surface area contributed by atoms with Crippen molar-refractivity contribution in [1.82, 2.24) is 10.4 Å². The monoisotopic (exact) mass is 530 g/mol. The second-order valence-corrected chi connectivity index (χ2v) is 12.3. The maximum atomic E-state index is 13.9. The molecule has 0 bridgehead atoms. The van der Waals surface area contributed by atoms with Crippen LogP contribution >= 0.6 is 0 Å². The van der Waals surface area contributed by atoms with Crippen molar-refractivity contribution < 1.29 is 19.6 Å². The van der Waals surface area contributed by atoms with Gasteiger partial charge in [-0.25, -0.2) is 5.48 Å². The number of nitrogens with zero attached hydrogens (tertiary/aromatic N) is 1. The Hall–Kier alpha value is -2.99. The average Bonchev–Trinajstić information content (AvgIpc) is 3.33. The van der Waals surface area contributed by atoms with Crippen LogP contribution in [0, 0.1) is 17.3 Å². The number of hydrogen-bond acceptors (Lipinski definition) is 4. The van der Waals surface area contributed by atoms with Crippen LogP contribution in [0.5, 0.6) is 0 Å². The van der Waals surface area contributed by atoms with Crippen LogP contribution in [0.2, 0.25) is 0 Å². The zero-order valence-electron chi connectivity index (χ0n) is 23.2. The average molecular weight is 531 g/mol. The summed E-state index contributed by atoms with van der Waals surface area (Å²) in [6, 6.07) is 15.9. The van der Waals surface area contributed by atoms with Crippen molar-refractivity contribution >= 4 is 17.6 Å². The zero-order chi connectivity index (χ0) is 27.4. The molecule has 0 aromatic heterocycles. The Morgan fingerprint density at radius 1 is 1.00 bits per heavy atom. The number of rotatable bonds is 11. The second-order valence-electron chi connectivity index (χ2n) is 12.3. The lowest BCUT2D eigenvalue weighted by Crippen LogP contribution is -2.45. The standard InChI is InChI=1S/C33H42N2O4/c1-2-3-6-23-9-11-25(12-10-23)26-13-15-27(16-14-26)31(37)29-21-33(17-18-33)22-35(29)32(38)28(20-30(36)34-39)19-24-7-4-5-8-24/h9-16,24,28-29,39H,2-8,17-22H2,1H3,(H,34,36)/t28-,29+/m1/s1. The van der Waals surface area contributed by atoms with Crippen molar-refractivity contribution in [2.24, 2.45) is 17.3 Å². The smallest absolute Gasteiger partial charge is 0.244 e. The van der Waals surface area contributed by atoms with Crippen molar-refractivity contribution in [2.45, 2.75) is 90.0 Å². The van der Waals surface area contributed by atoms with E-state index in [1.165, 1.54) is 18.4 Å². The quantitative estimate of drug-likeness (QED) is 0.201. The van der Waals surface area contributed by atoms with Crippen molar-refractivity contribution in [3.8, 4) is 11.1 Å². The molecule has 2 aromatic rings. The highest BCUT2D eigenvalue weighted by molar-refractivity contribution is 6.03. The van der Waals surface area contributed by atoms with Crippen molar-refractivity contribution in [3.63, 3.8) is 0 Å². The van der Waals surface area contributed by atoms with Gasteiger partial charge in [-0.05, 0) is 66.5 Å². The molecule has 1 aliphatic heterocycles. The number of hydroxylamine groups is 1. The summed E-state index contributed by atoms with van der Waals surface area (Å²) in [6.07, 6.45) is 11.3. The first-order chi connectivity index (χ1) is 18.9. The summed E-state index contributed by atoms with van der Waals surface area (Å²) in [6.45, 7) is 2.79. The molecule has 1 saturated heterocycles. The minimum atomic E-state index is -0.538. The fraction of sp³-hybridized carbons (Fsp3) is 0.545. The number of carbonyl (C=O) groups excluding carboxylic acids is 3. The van der Waals surface area contributed by atoms with Crippen molar-refractivity contribution in [3.05, 3.63) is 59.7 Å². The third-order valence-corrected chi connectivity index (χ3v) is 9.33. The van der Waals surface area contributed by atoms with Gasteiger partial charge in [0.25, 0.3) is 0 Å². The van der Waals surface area contributed by atoms with E-state index in [4.69, 9.17) is 5.21 Å². The van der Waals surface area contributed by atoms with Crippen molar-refractivity contribution in [2.75, 3.05) is 6.54 Å². The topological polar surface area (TPSA) is 86.7 Å². The number of carbonyl (C=O) groups is 3. The van der Waals surface area contributed by atoms with E-state index in [1.54, 1.807) is 10.4 Å². The van der Waals surface area contributed by atoms with Gasteiger partial charge in [-0.3, -0.25) is 19.6 Å². The molecule has 6 heteroatoms. The molecule has 2 aliphatic carbocycles. The highest BCUT2D eigenvalue weighted by atomic mass is 16.5. The van der Waals surface area contributed by atoms with E-state index in [1.807, 2.05) is 24.3 Å². The number of unbranched alkanes of at least 4 members (excludes halogenated alkanes) is 1. The molecule has 5 rings (SSSR count). The van der Waals surface area contributed by atoms with Gasteiger partial charge >= 0.3 is 0 Å². The number of amides is 2. The number of likely N-dealkylation sites (tertiary alicyclic amines) is 1. The predicted molar refractivity (Wildman–Crippen MR) is 151 cm³/mol. The minimum absolute atomic E-state index is 0.0141. The van der Waals surface area contributed by atoms with E-state index in [0.717, 1.165) is 56.1 Å². The van der Waals surface area contributed by atoms with Gasteiger partial charge in [0.1, 0.15) is 0 Å². The van der Waals surface area contributed by atoms with E-state index in [-0.39, 0.29) is 23.5 Å². The first-order valence-corrected chi connectivity index (χ1v) is 14.9. The molecule has 2 N–H and O–H groups in total. The minimum Gasteiger partial charge on any atom is -0.331 e. The zero-order valence-corrected chi connectivity index (χ0v) is 23.2. The van der Waals surface area contributed by atoms with Gasteiger partial charge in [-0.15, -0.1) is 0 Å². The molecule has 0 unspecified atom stereocenters. The molecule has 1 spiro atoms. The largest absolute Gasteiger partial charge is 0.331 e. The number of benzene rings is 2. The highest BCUT2D eigenvalue weighted by Gasteiger charge is 2.55. The van der Waals surface area contributed by atoms with Crippen LogP contribution in [0.15, 0.2) is 48.5 Å². The third kappa shape index (κ3) is 6.43. The molecule has 3 aliphatic rings. The van der Waals surface area contributed by atoms with Crippen LogP contribution in [-0.4, -0.2) is 40.3 Å². The molecule has 208 valence electrons. The van der Waals surface area contributed by atoms with Gasteiger partial charge in [0.05, 0.1) is 6.04 Å². The molecular weight excluding hydrogens is 488 g/mol. The maximum absolute atomic E-state index is 13.9. The van der Waals surface area contributed by atoms with E-state index < -0.39 is 17.9 Å². The molecular formula is C33H42N2O4. The Kier molecular flexibility index (Phi) is 8.51. The van der Waals surface area contributed by atoms with Crippen LogP contribution < -0.4 is 5.48 Å². The Balaban J connectivity index is 1.31. The van der Waals surface area contributed by atoms with Crippen LogP contribution in [-0.2, 0) is 16.0 Å². The van der Waals surface area contributed by atoms with Crippen LogP contribution in [0.1, 0.15) is 93.5 Å². The Morgan fingerprint density at radius 2 is 1.64 bits per heavy atom. The van der Waals surface area contributed by atoms with E-state index in [0.29, 0.717) is 30.9 Å². The summed E-state index contributed by atoms with van der Waals surface area (Å²) in [7, 11) is 0. The summed E-state index contributed by atoms with van der Waals surface area (Å²) in [5, 5.41) is 9.15. The number of Topliss-reactive ketones (excluding diaryl/α,β-unsaturated/α-hetero) is 1. The molecule has 2 atom stereocenters. The summed E-state index contributed by atoms with van der Waals surface area (Å²) in [5.41, 5.74) is 5.92. The highest BCUT2D eigenvalue weighted by Crippen LogP contribution is 2.55. The van der Waals surface area contributed by atoms with Crippen LogP contribution in [0.3, 0.4) is 0 Å². The van der Waals surface area contributed by atoms with Gasteiger partial charge < -0.3 is 4.90 Å². The van der Waals surface area contributed by atoms with Crippen LogP contribution in [0.25, 0.3) is 11.1 Å². The maximum Gasteiger partial charge on any atom is 0.244 e. The molecule has 6 nitrogen and oxygen atoms in total. The van der Waals surface area contributed by atoms with E-state index >= 15 is 0 Å². The normalized spacial score (nSPS) is 20.8. The van der Waals surface area contributed by atoms with Gasteiger partial charge in [0.15, 0.2) is 5.78 Å². The van der Waals surface area contributed by atoms with Gasteiger partial charge in [0, 0.05) is 24.4 Å². The first-order valence-electron chi connectivity index (χ1n) is 14.9. The van der Waals surface area contributed by atoms with Crippen molar-refractivity contribution in [1.29, 1.82) is 0 Å². The van der Waals surface area contributed by atoms with Gasteiger partial charge in [0.2, 0.25) is 11.8 Å². The van der Waals surface area contributed by atoms with Gasteiger partial charge in [-0.1, -0.05) is 87.6 Å². The fourth-order valence-electron chi connectivity index (χ4n) is 6.75. The SMILES string of the molecule is CCCCc1ccc(-c2ccc(C(=O)[C@@H]3CC4(CC4)CN3C(=O)[C@@H](CC(=O)NO)CC3CCCC3)cc2)cc1. The van der Waals surface area contributed by atoms with Gasteiger partial charge in [-0.2, -0.15) is 0 Å². The summed E-state index contributed by atoms with van der Waals surface area (Å²) < 4.78 is 0. The predicted octanol–water partition coefficient (Wildman–Crippen LogP) is 6.35. The van der Waals surface area contributed by atoms with Crippen LogP contribution in [0.4, 0.5) is 0 Å². The lowest BCUT2D eigenvalue weighted by atomic mass is 9.89. The molecule has 0 radical (unpaired) electrons. The summed E-state index contributed by atoms with van der Waals surface area (Å²) >= 11 is 0. The Labute approximate surface area is 232 Å². The number of aryl methyl sites for hydroxylation is 1. The summed E-state index contributed by atoms with van der Waals surface area (Å²) in [5.74, 6) is -0.742. The Bertz CT molecular complexity index is 1160. The fourth-order valence-corrected chi connectivity index (χ4v) is 6.75. The second kappa shape index (κ2) is 12.0. The Morgan fingerprint density at radius 3 is 2.23 bits per heavy atom. The molecule has 2 saturated carbocycles. The number of nitrogens with one attached hydrogen (secondary N) is 1. The lowest BCUT2D eigenvalue weighted by Gasteiger charge is -2.29. The number of hydrogen-bond donors (Lipinski definition) is 2. The number of ketones is 1. The first kappa shape index (κ1) is 27.6.